The molecular weight excluding hydrogens is 350 g/mol. The second-order valence-corrected chi connectivity index (χ2v) is 6.37. The number of carbonyl (C=O) groups excluding carboxylic acids is 2. The predicted molar refractivity (Wildman–Crippen MR) is 100 cm³/mol. The van der Waals surface area contributed by atoms with Crippen molar-refractivity contribution in [2.45, 2.75) is 19.4 Å². The van der Waals surface area contributed by atoms with Gasteiger partial charge in [-0.3, -0.25) is 14.9 Å². The lowest BCUT2D eigenvalue weighted by atomic mass is 10.1. The molecule has 140 valence electrons. The maximum Gasteiger partial charge on any atom is 0.337 e. The number of benzene rings is 2. The molecule has 1 aliphatic heterocycles. The molecule has 0 aliphatic carbocycles. The highest BCUT2D eigenvalue weighted by molar-refractivity contribution is 5.95. The average molecular weight is 369 g/mol. The van der Waals surface area contributed by atoms with E-state index in [9.17, 15) is 19.7 Å². The Morgan fingerprint density at radius 3 is 2.59 bits per heavy atom. The molecule has 1 amide bonds. The lowest BCUT2D eigenvalue weighted by Crippen LogP contribution is -2.37. The summed E-state index contributed by atoms with van der Waals surface area (Å²) >= 11 is 0. The van der Waals surface area contributed by atoms with Crippen LogP contribution in [0.5, 0.6) is 0 Å². The summed E-state index contributed by atoms with van der Waals surface area (Å²) in [5.74, 6) is -0.650. The summed E-state index contributed by atoms with van der Waals surface area (Å²) in [6, 6.07) is 11.2. The van der Waals surface area contributed by atoms with Gasteiger partial charge in [0.25, 0.3) is 5.69 Å². The van der Waals surface area contributed by atoms with Crippen LogP contribution in [0, 0.1) is 10.1 Å². The van der Waals surface area contributed by atoms with Crippen molar-refractivity contribution in [2.75, 3.05) is 23.9 Å². The molecule has 0 aromatic heterocycles. The zero-order valence-corrected chi connectivity index (χ0v) is 15.0. The molecule has 0 radical (unpaired) electrons. The minimum Gasteiger partial charge on any atom is -0.465 e. The SMILES string of the molecule is COC(=O)c1ccc(NC(=O)CN2c3ccc([N+](=O)[O-])cc3CC2C)cc1. The molecule has 1 N–H and O–H groups in total. The molecule has 1 heterocycles. The molecule has 8 nitrogen and oxygen atoms in total. The summed E-state index contributed by atoms with van der Waals surface area (Å²) in [4.78, 5) is 36.3. The van der Waals surface area contributed by atoms with Gasteiger partial charge in [0.05, 0.1) is 24.1 Å². The number of non-ortho nitro benzene ring substituents is 1. The van der Waals surface area contributed by atoms with Gasteiger partial charge < -0.3 is 15.0 Å². The molecule has 2 aromatic carbocycles. The van der Waals surface area contributed by atoms with E-state index in [4.69, 9.17) is 0 Å². The van der Waals surface area contributed by atoms with E-state index in [1.807, 2.05) is 11.8 Å². The Hall–Kier alpha value is -3.42. The number of anilines is 2. The fourth-order valence-electron chi connectivity index (χ4n) is 3.20. The number of hydrogen-bond donors (Lipinski definition) is 1. The van der Waals surface area contributed by atoms with Crippen LogP contribution in [0.1, 0.15) is 22.8 Å². The molecule has 0 bridgehead atoms. The number of rotatable bonds is 5. The maximum atomic E-state index is 12.4. The summed E-state index contributed by atoms with van der Waals surface area (Å²) in [6.07, 6.45) is 0.651. The van der Waals surface area contributed by atoms with Crippen LogP contribution in [0.15, 0.2) is 42.5 Å². The molecule has 8 heteroatoms. The van der Waals surface area contributed by atoms with Gasteiger partial charge in [0.15, 0.2) is 0 Å². The molecule has 1 atom stereocenters. The third-order valence-electron chi connectivity index (χ3n) is 4.53. The zero-order valence-electron chi connectivity index (χ0n) is 15.0. The highest BCUT2D eigenvalue weighted by Gasteiger charge is 2.29. The molecule has 0 spiro atoms. The summed E-state index contributed by atoms with van der Waals surface area (Å²) in [7, 11) is 1.31. The van der Waals surface area contributed by atoms with E-state index >= 15 is 0 Å². The molecule has 3 rings (SSSR count). The number of carbonyl (C=O) groups is 2. The predicted octanol–water partition coefficient (Wildman–Crippen LogP) is 2.77. The van der Waals surface area contributed by atoms with E-state index in [0.717, 1.165) is 11.3 Å². The Labute approximate surface area is 155 Å². The highest BCUT2D eigenvalue weighted by Crippen LogP contribution is 2.34. The first-order valence-electron chi connectivity index (χ1n) is 8.41. The highest BCUT2D eigenvalue weighted by atomic mass is 16.6. The number of nitrogens with zero attached hydrogens (tertiary/aromatic N) is 2. The number of esters is 1. The van der Waals surface area contributed by atoms with E-state index < -0.39 is 10.9 Å². The van der Waals surface area contributed by atoms with Crippen LogP contribution in [0.4, 0.5) is 17.1 Å². The van der Waals surface area contributed by atoms with E-state index in [2.05, 4.69) is 10.1 Å². The van der Waals surface area contributed by atoms with Gasteiger partial charge in [0.2, 0.25) is 5.91 Å². The summed E-state index contributed by atoms with van der Waals surface area (Å²) in [5, 5.41) is 13.7. The fourth-order valence-corrected chi connectivity index (χ4v) is 3.20. The topological polar surface area (TPSA) is 102 Å². The third-order valence-corrected chi connectivity index (χ3v) is 4.53. The number of amides is 1. The van der Waals surface area contributed by atoms with E-state index in [1.165, 1.54) is 13.2 Å². The largest absolute Gasteiger partial charge is 0.465 e. The van der Waals surface area contributed by atoms with Crippen molar-refractivity contribution < 1.29 is 19.2 Å². The molecule has 2 aromatic rings. The molecular formula is C19H19N3O5. The third kappa shape index (κ3) is 3.89. The molecule has 0 saturated carbocycles. The van der Waals surface area contributed by atoms with Crippen molar-refractivity contribution >= 4 is 28.9 Å². The lowest BCUT2D eigenvalue weighted by molar-refractivity contribution is -0.384. The monoisotopic (exact) mass is 369 g/mol. The van der Waals surface area contributed by atoms with Crippen molar-refractivity contribution in [3.05, 3.63) is 63.7 Å². The van der Waals surface area contributed by atoms with Crippen LogP contribution in [0.2, 0.25) is 0 Å². The number of fused-ring (bicyclic) bond motifs is 1. The molecule has 1 aliphatic rings. The van der Waals surface area contributed by atoms with Crippen LogP contribution >= 0.6 is 0 Å². The summed E-state index contributed by atoms with van der Waals surface area (Å²) in [5.41, 5.74) is 2.73. The minimum atomic E-state index is -0.440. The van der Waals surface area contributed by atoms with Crippen LogP contribution in [-0.4, -0.2) is 36.5 Å². The van der Waals surface area contributed by atoms with Crippen molar-refractivity contribution in [3.8, 4) is 0 Å². The normalized spacial score (nSPS) is 15.2. The number of methoxy groups -OCH3 is 1. The Balaban J connectivity index is 1.68. The van der Waals surface area contributed by atoms with Crippen LogP contribution in [0.25, 0.3) is 0 Å². The summed E-state index contributed by atoms with van der Waals surface area (Å²) in [6.45, 7) is 2.11. The molecule has 0 fully saturated rings. The van der Waals surface area contributed by atoms with Crippen molar-refractivity contribution in [1.29, 1.82) is 0 Å². The Bertz CT molecular complexity index is 895. The number of nitrogens with one attached hydrogen (secondary N) is 1. The second kappa shape index (κ2) is 7.45. The quantitative estimate of drug-likeness (QED) is 0.494. The number of nitro benzene ring substituents is 1. The minimum absolute atomic E-state index is 0.0537. The van der Waals surface area contributed by atoms with Crippen LogP contribution < -0.4 is 10.2 Å². The smallest absolute Gasteiger partial charge is 0.337 e. The van der Waals surface area contributed by atoms with Gasteiger partial charge in [-0.2, -0.15) is 0 Å². The first kappa shape index (κ1) is 18.4. The molecule has 0 saturated heterocycles. The molecule has 27 heavy (non-hydrogen) atoms. The van der Waals surface area contributed by atoms with Gasteiger partial charge in [-0.05, 0) is 49.2 Å². The standard InChI is InChI=1S/C19H19N3O5/c1-12-9-14-10-16(22(25)26)7-8-17(14)21(12)11-18(23)20-15-5-3-13(4-6-15)19(24)27-2/h3-8,10,12H,9,11H2,1-2H3,(H,20,23). The van der Waals surface area contributed by atoms with E-state index in [1.54, 1.807) is 36.4 Å². The second-order valence-electron chi connectivity index (χ2n) is 6.37. The number of hydrogen-bond acceptors (Lipinski definition) is 6. The Kier molecular flexibility index (Phi) is 5.07. The van der Waals surface area contributed by atoms with Crippen LogP contribution in [-0.2, 0) is 16.0 Å². The van der Waals surface area contributed by atoms with Gasteiger partial charge in [-0.25, -0.2) is 4.79 Å². The molecule has 1 unspecified atom stereocenters. The number of ether oxygens (including phenoxy) is 1. The fraction of sp³-hybridized carbons (Fsp3) is 0.263. The zero-order chi connectivity index (χ0) is 19.6. The van der Waals surface area contributed by atoms with Gasteiger partial charge in [0.1, 0.15) is 0 Å². The average Bonchev–Trinajstić information content (AvgIpc) is 2.96. The Morgan fingerprint density at radius 1 is 1.26 bits per heavy atom. The van der Waals surface area contributed by atoms with Gasteiger partial charge in [-0.1, -0.05) is 0 Å². The van der Waals surface area contributed by atoms with Gasteiger partial charge >= 0.3 is 5.97 Å². The van der Waals surface area contributed by atoms with Gasteiger partial charge in [-0.15, -0.1) is 0 Å². The maximum absolute atomic E-state index is 12.4. The first-order valence-corrected chi connectivity index (χ1v) is 8.41. The first-order chi connectivity index (χ1) is 12.9. The summed E-state index contributed by atoms with van der Waals surface area (Å²) < 4.78 is 4.64. The van der Waals surface area contributed by atoms with Crippen molar-refractivity contribution in [3.63, 3.8) is 0 Å². The van der Waals surface area contributed by atoms with Crippen molar-refractivity contribution in [1.82, 2.24) is 0 Å². The lowest BCUT2D eigenvalue weighted by Gasteiger charge is -2.24. The van der Waals surface area contributed by atoms with Gasteiger partial charge in [0, 0.05) is 29.5 Å². The van der Waals surface area contributed by atoms with Crippen LogP contribution in [0.3, 0.4) is 0 Å². The van der Waals surface area contributed by atoms with E-state index in [-0.39, 0.29) is 24.2 Å². The van der Waals surface area contributed by atoms with E-state index in [0.29, 0.717) is 17.7 Å². The number of nitro groups is 1. The van der Waals surface area contributed by atoms with Crippen molar-refractivity contribution in [2.24, 2.45) is 0 Å². The Morgan fingerprint density at radius 2 is 1.96 bits per heavy atom.